The van der Waals surface area contributed by atoms with E-state index in [9.17, 15) is 13.2 Å². The summed E-state index contributed by atoms with van der Waals surface area (Å²) in [6, 6.07) is 14.0. The van der Waals surface area contributed by atoms with Crippen LogP contribution < -0.4 is 10.1 Å². The third-order valence-corrected chi connectivity index (χ3v) is 5.33. The molecule has 0 aromatic heterocycles. The minimum atomic E-state index is -3.23. The van der Waals surface area contributed by atoms with Gasteiger partial charge in [0, 0.05) is 17.9 Å². The predicted octanol–water partition coefficient (Wildman–Crippen LogP) is 2.84. The van der Waals surface area contributed by atoms with Crippen molar-refractivity contribution in [1.29, 1.82) is 0 Å². The molecule has 2 aromatic carbocycles. The lowest BCUT2D eigenvalue weighted by molar-refractivity contribution is -0.117. The number of hydrogen-bond donors (Lipinski definition) is 1. The van der Waals surface area contributed by atoms with Crippen molar-refractivity contribution in [1.82, 2.24) is 0 Å². The number of methoxy groups -OCH3 is 1. The molecular formula is C18H19NO4S. The average molecular weight is 345 g/mol. The normalized spacial score (nSPS) is 19.6. The molecule has 0 heterocycles. The lowest BCUT2D eigenvalue weighted by atomic mass is 10.1. The lowest BCUT2D eigenvalue weighted by Crippen LogP contribution is -2.14. The molecule has 0 bridgehead atoms. The number of benzene rings is 2. The third-order valence-electron chi connectivity index (χ3n) is 4.20. The second-order valence-electron chi connectivity index (χ2n) is 6.01. The zero-order valence-corrected chi connectivity index (χ0v) is 14.3. The fraction of sp³-hybridized carbons (Fsp3) is 0.278. The van der Waals surface area contributed by atoms with Crippen molar-refractivity contribution in [3.8, 4) is 5.75 Å². The Morgan fingerprint density at radius 2 is 1.88 bits per heavy atom. The first kappa shape index (κ1) is 16.5. The molecule has 1 N–H and O–H groups in total. The van der Waals surface area contributed by atoms with E-state index in [4.69, 9.17) is 4.74 Å². The van der Waals surface area contributed by atoms with Crippen LogP contribution in [0.25, 0.3) is 0 Å². The molecule has 1 aliphatic rings. The third kappa shape index (κ3) is 3.59. The van der Waals surface area contributed by atoms with Gasteiger partial charge in [0.1, 0.15) is 5.75 Å². The second-order valence-corrected chi connectivity index (χ2v) is 8.03. The van der Waals surface area contributed by atoms with Crippen molar-refractivity contribution in [2.45, 2.75) is 17.2 Å². The molecule has 0 spiro atoms. The molecule has 6 heteroatoms. The molecule has 3 rings (SSSR count). The fourth-order valence-corrected chi connectivity index (χ4v) is 3.38. The number of hydrogen-bond acceptors (Lipinski definition) is 4. The molecule has 2 aromatic rings. The Balaban J connectivity index is 1.64. The zero-order valence-electron chi connectivity index (χ0n) is 13.5. The summed E-state index contributed by atoms with van der Waals surface area (Å²) in [7, 11) is -1.61. The van der Waals surface area contributed by atoms with E-state index >= 15 is 0 Å². The average Bonchev–Trinajstić information content (AvgIpc) is 3.35. The minimum Gasteiger partial charge on any atom is -0.497 e. The van der Waals surface area contributed by atoms with Gasteiger partial charge in [-0.1, -0.05) is 12.1 Å². The van der Waals surface area contributed by atoms with Crippen molar-refractivity contribution in [2.75, 3.05) is 18.7 Å². The molecule has 2 atom stereocenters. The minimum absolute atomic E-state index is 0.0464. The van der Waals surface area contributed by atoms with Crippen LogP contribution in [0, 0.1) is 5.92 Å². The first-order chi connectivity index (χ1) is 11.4. The Hall–Kier alpha value is -2.34. The summed E-state index contributed by atoms with van der Waals surface area (Å²) >= 11 is 0. The Labute approximate surface area is 141 Å². The summed E-state index contributed by atoms with van der Waals surface area (Å²) in [5, 5.41) is 2.85. The van der Waals surface area contributed by atoms with Gasteiger partial charge in [-0.2, -0.15) is 0 Å². The van der Waals surface area contributed by atoms with E-state index in [1.54, 1.807) is 19.2 Å². The van der Waals surface area contributed by atoms with Crippen LogP contribution in [0.1, 0.15) is 17.9 Å². The first-order valence-corrected chi connectivity index (χ1v) is 9.52. The molecule has 0 aliphatic heterocycles. The van der Waals surface area contributed by atoms with Crippen LogP contribution in [0.2, 0.25) is 0 Å². The van der Waals surface area contributed by atoms with Crippen molar-refractivity contribution in [3.63, 3.8) is 0 Å². The number of sulfone groups is 1. The Morgan fingerprint density at radius 3 is 2.50 bits per heavy atom. The number of anilines is 1. The molecule has 126 valence electrons. The standard InChI is InChI=1S/C18H19NO4S/c1-23-14-5-3-4-12(10-14)16-11-17(16)18(20)19-13-6-8-15(9-7-13)24(2,21)22/h3-10,16-17H,11H2,1-2H3,(H,19,20)/t16-,17+/m1/s1. The Bertz CT molecular complexity index is 859. The quantitative estimate of drug-likeness (QED) is 0.904. The maximum absolute atomic E-state index is 12.3. The van der Waals surface area contributed by atoms with Gasteiger partial charge in [0.15, 0.2) is 9.84 Å². The zero-order chi connectivity index (χ0) is 17.3. The molecule has 1 amide bonds. The van der Waals surface area contributed by atoms with Gasteiger partial charge in [0.05, 0.1) is 12.0 Å². The summed E-state index contributed by atoms with van der Waals surface area (Å²) < 4.78 is 28.1. The molecule has 1 fully saturated rings. The van der Waals surface area contributed by atoms with Crippen LogP contribution in [0.3, 0.4) is 0 Å². The summed E-state index contributed by atoms with van der Waals surface area (Å²) in [5.74, 6) is 0.881. The monoisotopic (exact) mass is 345 g/mol. The number of carbonyl (C=O) groups excluding carboxylic acids is 1. The van der Waals surface area contributed by atoms with Crippen LogP contribution in [0.4, 0.5) is 5.69 Å². The molecule has 5 nitrogen and oxygen atoms in total. The highest BCUT2D eigenvalue weighted by Crippen LogP contribution is 2.48. The first-order valence-electron chi connectivity index (χ1n) is 7.63. The number of ether oxygens (including phenoxy) is 1. The molecule has 0 unspecified atom stereocenters. The second kappa shape index (κ2) is 6.28. The van der Waals surface area contributed by atoms with E-state index in [0.29, 0.717) is 5.69 Å². The summed E-state index contributed by atoms with van der Waals surface area (Å²) in [6.45, 7) is 0. The predicted molar refractivity (Wildman–Crippen MR) is 92.0 cm³/mol. The smallest absolute Gasteiger partial charge is 0.228 e. The molecule has 0 saturated heterocycles. The van der Waals surface area contributed by atoms with Crippen molar-refractivity contribution in [3.05, 3.63) is 54.1 Å². The van der Waals surface area contributed by atoms with Gasteiger partial charge in [0.2, 0.25) is 5.91 Å². The van der Waals surface area contributed by atoms with E-state index in [1.807, 2.05) is 24.3 Å². The van der Waals surface area contributed by atoms with Crippen molar-refractivity contribution >= 4 is 21.4 Å². The number of carbonyl (C=O) groups is 1. The van der Waals surface area contributed by atoms with Gasteiger partial charge < -0.3 is 10.1 Å². The van der Waals surface area contributed by atoms with Gasteiger partial charge in [-0.3, -0.25) is 4.79 Å². The van der Waals surface area contributed by atoms with E-state index in [0.717, 1.165) is 24.0 Å². The molecule has 0 radical (unpaired) electrons. The largest absolute Gasteiger partial charge is 0.497 e. The fourth-order valence-electron chi connectivity index (χ4n) is 2.75. The SMILES string of the molecule is COc1cccc([C@H]2C[C@@H]2C(=O)Nc2ccc(S(C)(=O)=O)cc2)c1. The molecule has 1 aliphatic carbocycles. The van der Waals surface area contributed by atoms with Gasteiger partial charge >= 0.3 is 0 Å². The topological polar surface area (TPSA) is 72.5 Å². The maximum Gasteiger partial charge on any atom is 0.228 e. The highest BCUT2D eigenvalue weighted by molar-refractivity contribution is 7.90. The number of rotatable bonds is 5. The van der Waals surface area contributed by atoms with Crippen LogP contribution in [-0.2, 0) is 14.6 Å². The molecular weight excluding hydrogens is 326 g/mol. The van der Waals surface area contributed by atoms with E-state index in [-0.39, 0.29) is 22.6 Å². The van der Waals surface area contributed by atoms with Crippen molar-refractivity contribution in [2.24, 2.45) is 5.92 Å². The molecule has 24 heavy (non-hydrogen) atoms. The summed E-state index contributed by atoms with van der Waals surface area (Å²) in [6.07, 6.45) is 1.96. The van der Waals surface area contributed by atoms with Crippen LogP contribution >= 0.6 is 0 Å². The van der Waals surface area contributed by atoms with E-state index in [2.05, 4.69) is 5.32 Å². The van der Waals surface area contributed by atoms with Crippen molar-refractivity contribution < 1.29 is 17.9 Å². The van der Waals surface area contributed by atoms with Gasteiger partial charge in [-0.05, 0) is 54.3 Å². The summed E-state index contributed by atoms with van der Waals surface area (Å²) in [4.78, 5) is 12.6. The van der Waals surface area contributed by atoms with Gasteiger partial charge in [-0.15, -0.1) is 0 Å². The van der Waals surface area contributed by atoms with E-state index < -0.39 is 9.84 Å². The highest BCUT2D eigenvalue weighted by atomic mass is 32.2. The number of nitrogens with one attached hydrogen (secondary N) is 1. The van der Waals surface area contributed by atoms with E-state index in [1.165, 1.54) is 12.1 Å². The Kier molecular flexibility index (Phi) is 4.32. The van der Waals surface area contributed by atoms with Crippen LogP contribution in [0.15, 0.2) is 53.4 Å². The van der Waals surface area contributed by atoms with Gasteiger partial charge in [0.25, 0.3) is 0 Å². The number of amides is 1. The highest BCUT2D eigenvalue weighted by Gasteiger charge is 2.44. The van der Waals surface area contributed by atoms with Gasteiger partial charge in [-0.25, -0.2) is 8.42 Å². The van der Waals surface area contributed by atoms with Crippen LogP contribution in [0.5, 0.6) is 5.75 Å². The maximum atomic E-state index is 12.3. The lowest BCUT2D eigenvalue weighted by Gasteiger charge is -2.07. The van der Waals surface area contributed by atoms with Crippen LogP contribution in [-0.4, -0.2) is 27.7 Å². The molecule has 1 saturated carbocycles. The Morgan fingerprint density at radius 1 is 1.17 bits per heavy atom. The summed E-state index contributed by atoms with van der Waals surface area (Å²) in [5.41, 5.74) is 1.70.